The van der Waals surface area contributed by atoms with E-state index in [0.29, 0.717) is 5.92 Å². The van der Waals surface area contributed by atoms with Crippen LogP contribution in [-0.2, 0) is 0 Å². The van der Waals surface area contributed by atoms with Crippen LogP contribution >= 0.6 is 0 Å². The molecule has 0 radical (unpaired) electrons. The van der Waals surface area contributed by atoms with Crippen LogP contribution < -0.4 is 0 Å². The van der Waals surface area contributed by atoms with E-state index in [4.69, 9.17) is 5.26 Å². The number of nitriles is 1. The normalized spacial score (nSPS) is 34.8. The van der Waals surface area contributed by atoms with Crippen molar-refractivity contribution >= 4 is 0 Å². The van der Waals surface area contributed by atoms with Crippen molar-refractivity contribution in [2.24, 2.45) is 23.7 Å². The Bertz CT molecular complexity index is 402. The van der Waals surface area contributed by atoms with Crippen LogP contribution in [0.25, 0.3) is 0 Å². The Morgan fingerprint density at radius 3 is 2.14 bits per heavy atom. The third-order valence-electron chi connectivity index (χ3n) is 5.68. The lowest BCUT2D eigenvalue weighted by Gasteiger charge is -2.37. The second-order valence-electron chi connectivity index (χ2n) is 6.88. The highest BCUT2D eigenvalue weighted by Gasteiger charge is 2.29. The van der Waals surface area contributed by atoms with Gasteiger partial charge in [0.15, 0.2) is 5.83 Å². The van der Waals surface area contributed by atoms with Gasteiger partial charge in [-0.25, -0.2) is 0 Å². The van der Waals surface area contributed by atoms with Gasteiger partial charge in [0.25, 0.3) is 0 Å². The lowest BCUT2D eigenvalue weighted by molar-refractivity contribution is 0.154. The fraction of sp³-hybridized carbons (Fsp3) is 0.737. The second kappa shape index (κ2) is 8.37. The zero-order chi connectivity index (χ0) is 15.1. The van der Waals surface area contributed by atoms with Gasteiger partial charge in [-0.05, 0) is 68.3 Å². The zero-order valence-corrected chi connectivity index (χ0v) is 13.2. The molecule has 0 heterocycles. The van der Waals surface area contributed by atoms with Crippen molar-refractivity contribution in [1.82, 2.24) is 0 Å². The van der Waals surface area contributed by atoms with Gasteiger partial charge >= 0.3 is 0 Å². The molecule has 0 aliphatic heterocycles. The van der Waals surface area contributed by atoms with Gasteiger partial charge in [0.1, 0.15) is 6.07 Å². The second-order valence-corrected chi connectivity index (χ2v) is 6.88. The summed E-state index contributed by atoms with van der Waals surface area (Å²) in [6.45, 7) is 2.33. The molecule has 2 aliphatic carbocycles. The maximum absolute atomic E-state index is 12.7. The number of allylic oxidation sites excluding steroid dienone is 4. The standard InChI is InChI=1S/C19H28FN/c1-2-15-6-10-17(11-7-15)18-12-8-16(9-13-18)4-3-5-19(20)14-21/h3-5,15-18H,2,6-13H2,1H3/t15-,16?,17-,18?. The molecule has 0 aromatic rings. The molecule has 0 amide bonds. The fourth-order valence-electron chi connectivity index (χ4n) is 4.21. The number of hydrogen-bond acceptors (Lipinski definition) is 1. The van der Waals surface area contributed by atoms with Gasteiger partial charge in [-0.15, -0.1) is 0 Å². The molecule has 0 N–H and O–H groups in total. The monoisotopic (exact) mass is 289 g/mol. The Labute approximate surface area is 128 Å². The SMILES string of the molecule is CC[C@H]1CC[C@H](C2CCC(C=CC=C(F)C#N)CC2)CC1. The Kier molecular flexibility index (Phi) is 6.49. The van der Waals surface area contributed by atoms with Gasteiger partial charge < -0.3 is 0 Å². The van der Waals surface area contributed by atoms with Gasteiger partial charge in [-0.2, -0.15) is 9.65 Å². The molecular formula is C19H28FN. The summed E-state index contributed by atoms with van der Waals surface area (Å²) in [7, 11) is 0. The Hall–Kier alpha value is -1.10. The van der Waals surface area contributed by atoms with Crippen LogP contribution in [0.2, 0.25) is 0 Å². The van der Waals surface area contributed by atoms with Crippen LogP contribution in [0.5, 0.6) is 0 Å². The molecule has 2 rings (SSSR count). The van der Waals surface area contributed by atoms with Crippen molar-refractivity contribution in [3.63, 3.8) is 0 Å². The lowest BCUT2D eigenvalue weighted by atomic mass is 9.69. The minimum atomic E-state index is -0.701. The third kappa shape index (κ3) is 4.99. The number of nitrogens with zero attached hydrogens (tertiary/aromatic N) is 1. The highest BCUT2D eigenvalue weighted by atomic mass is 19.1. The first-order valence-corrected chi connectivity index (χ1v) is 8.67. The van der Waals surface area contributed by atoms with Crippen molar-refractivity contribution < 1.29 is 4.39 Å². The van der Waals surface area contributed by atoms with Gasteiger partial charge in [-0.3, -0.25) is 0 Å². The minimum Gasteiger partial charge on any atom is -0.195 e. The molecule has 0 atom stereocenters. The van der Waals surface area contributed by atoms with Gasteiger partial charge in [0.05, 0.1) is 0 Å². The lowest BCUT2D eigenvalue weighted by Crippen LogP contribution is -2.25. The van der Waals surface area contributed by atoms with Crippen molar-refractivity contribution in [2.45, 2.75) is 64.7 Å². The Balaban J connectivity index is 1.72. The topological polar surface area (TPSA) is 23.8 Å². The van der Waals surface area contributed by atoms with E-state index in [2.05, 4.69) is 13.0 Å². The highest BCUT2D eigenvalue weighted by Crippen LogP contribution is 2.42. The summed E-state index contributed by atoms with van der Waals surface area (Å²) in [5, 5.41) is 8.36. The molecule has 2 heteroatoms. The summed E-state index contributed by atoms with van der Waals surface area (Å²) in [4.78, 5) is 0. The molecule has 0 aromatic heterocycles. The van der Waals surface area contributed by atoms with E-state index < -0.39 is 5.83 Å². The van der Waals surface area contributed by atoms with Crippen LogP contribution in [0.1, 0.15) is 64.7 Å². The molecule has 2 saturated carbocycles. The van der Waals surface area contributed by atoms with Crippen LogP contribution in [0.3, 0.4) is 0 Å². The Morgan fingerprint density at radius 1 is 1.05 bits per heavy atom. The molecule has 21 heavy (non-hydrogen) atoms. The van der Waals surface area contributed by atoms with Gasteiger partial charge in [0, 0.05) is 0 Å². The average Bonchev–Trinajstić information content (AvgIpc) is 2.55. The molecule has 2 fully saturated rings. The summed E-state index contributed by atoms with van der Waals surface area (Å²) >= 11 is 0. The molecule has 0 spiro atoms. The summed E-state index contributed by atoms with van der Waals surface area (Å²) in [6, 6.07) is 1.50. The number of rotatable bonds is 4. The quantitative estimate of drug-likeness (QED) is 0.464. The van der Waals surface area contributed by atoms with Crippen LogP contribution in [0.15, 0.2) is 24.1 Å². The molecule has 0 unspecified atom stereocenters. The van der Waals surface area contributed by atoms with Gasteiger partial charge in [0.2, 0.25) is 0 Å². The molecule has 1 nitrogen and oxygen atoms in total. The number of halogens is 1. The largest absolute Gasteiger partial charge is 0.199 e. The molecule has 0 saturated heterocycles. The van der Waals surface area contributed by atoms with Crippen molar-refractivity contribution in [3.05, 3.63) is 24.1 Å². The van der Waals surface area contributed by atoms with E-state index in [9.17, 15) is 4.39 Å². The number of hydrogen-bond donors (Lipinski definition) is 0. The summed E-state index contributed by atoms with van der Waals surface area (Å²) in [5.74, 6) is 2.76. The van der Waals surface area contributed by atoms with E-state index in [1.165, 1.54) is 69.9 Å². The molecule has 116 valence electrons. The summed E-state index contributed by atoms with van der Waals surface area (Å²) < 4.78 is 12.7. The van der Waals surface area contributed by atoms with Crippen LogP contribution in [-0.4, -0.2) is 0 Å². The smallest absolute Gasteiger partial charge is 0.195 e. The molecule has 2 aliphatic rings. The summed E-state index contributed by atoms with van der Waals surface area (Å²) in [6.07, 6.45) is 17.3. The van der Waals surface area contributed by atoms with E-state index in [-0.39, 0.29) is 0 Å². The van der Waals surface area contributed by atoms with E-state index in [1.54, 1.807) is 6.08 Å². The maximum atomic E-state index is 12.7. The van der Waals surface area contributed by atoms with E-state index >= 15 is 0 Å². The fourth-order valence-corrected chi connectivity index (χ4v) is 4.21. The zero-order valence-electron chi connectivity index (χ0n) is 13.2. The van der Waals surface area contributed by atoms with Crippen LogP contribution in [0.4, 0.5) is 4.39 Å². The summed E-state index contributed by atoms with van der Waals surface area (Å²) in [5.41, 5.74) is 0. The first-order valence-electron chi connectivity index (χ1n) is 8.67. The first kappa shape index (κ1) is 16.3. The van der Waals surface area contributed by atoms with Crippen molar-refractivity contribution in [3.8, 4) is 6.07 Å². The van der Waals surface area contributed by atoms with Gasteiger partial charge in [-0.1, -0.05) is 38.3 Å². The van der Waals surface area contributed by atoms with Crippen molar-refractivity contribution in [2.75, 3.05) is 0 Å². The van der Waals surface area contributed by atoms with E-state index in [0.717, 1.165) is 17.8 Å². The minimum absolute atomic E-state index is 0.580. The molecular weight excluding hydrogens is 261 g/mol. The third-order valence-corrected chi connectivity index (χ3v) is 5.68. The van der Waals surface area contributed by atoms with E-state index in [1.807, 2.05) is 0 Å². The molecule has 0 bridgehead atoms. The Morgan fingerprint density at radius 2 is 1.62 bits per heavy atom. The van der Waals surface area contributed by atoms with Crippen molar-refractivity contribution in [1.29, 1.82) is 5.26 Å². The maximum Gasteiger partial charge on any atom is 0.199 e. The average molecular weight is 289 g/mol. The predicted octanol–water partition coefficient (Wildman–Crippen LogP) is 5.94. The predicted molar refractivity (Wildman–Crippen MR) is 85.1 cm³/mol. The first-order chi connectivity index (χ1) is 10.2. The highest BCUT2D eigenvalue weighted by molar-refractivity contribution is 5.19. The van der Waals surface area contributed by atoms with Crippen LogP contribution in [0, 0.1) is 35.0 Å². The molecule has 0 aromatic carbocycles.